The van der Waals surface area contributed by atoms with Gasteiger partial charge in [0.05, 0.1) is 13.3 Å². The third kappa shape index (κ3) is 1.84. The average Bonchev–Trinajstić information content (AvgIpc) is 2.71. The van der Waals surface area contributed by atoms with Gasteiger partial charge in [0.2, 0.25) is 0 Å². The first kappa shape index (κ1) is 11.1. The molecule has 0 saturated heterocycles. The molecule has 2 rings (SSSR count). The summed E-state index contributed by atoms with van der Waals surface area (Å²) in [6.07, 6.45) is 2.88. The molecule has 0 amide bonds. The maximum Gasteiger partial charge on any atom is 0.339 e. The van der Waals surface area contributed by atoms with Crippen molar-refractivity contribution in [3.63, 3.8) is 0 Å². The van der Waals surface area contributed by atoms with E-state index in [0.29, 0.717) is 17.1 Å². The number of ether oxygens (including phenoxy) is 1. The Morgan fingerprint density at radius 2 is 2.29 bits per heavy atom. The number of methoxy groups -OCH3 is 1. The van der Waals surface area contributed by atoms with E-state index in [-0.39, 0.29) is 5.56 Å². The number of pyridine rings is 1. The van der Waals surface area contributed by atoms with Crippen LogP contribution in [0.2, 0.25) is 0 Å². The number of carboxylic acid groups (broad SMARTS) is 1. The van der Waals surface area contributed by atoms with Gasteiger partial charge in [0.25, 0.3) is 0 Å². The van der Waals surface area contributed by atoms with Gasteiger partial charge in [-0.3, -0.25) is 9.67 Å². The molecule has 6 nitrogen and oxygen atoms in total. The number of hydrogen-bond acceptors (Lipinski definition) is 4. The van der Waals surface area contributed by atoms with Crippen LogP contribution in [0.15, 0.2) is 24.5 Å². The van der Waals surface area contributed by atoms with Crippen molar-refractivity contribution in [1.82, 2.24) is 14.8 Å². The van der Waals surface area contributed by atoms with Gasteiger partial charge in [-0.1, -0.05) is 0 Å². The number of rotatable bonds is 3. The van der Waals surface area contributed by atoms with Gasteiger partial charge >= 0.3 is 5.97 Å². The fourth-order valence-electron chi connectivity index (χ4n) is 1.61. The molecule has 0 radical (unpaired) electrons. The van der Waals surface area contributed by atoms with Gasteiger partial charge in [-0.05, 0) is 12.1 Å². The third-order valence-electron chi connectivity index (χ3n) is 2.38. The summed E-state index contributed by atoms with van der Waals surface area (Å²) in [5.74, 6) is -0.528. The fraction of sp³-hybridized carbons (Fsp3) is 0.182. The molecular formula is C11H11N3O3. The van der Waals surface area contributed by atoms with E-state index in [1.165, 1.54) is 18.0 Å². The van der Waals surface area contributed by atoms with Gasteiger partial charge < -0.3 is 9.84 Å². The molecule has 2 heterocycles. The SMILES string of the molecule is COc1cccnc1-c1c(C(=O)O)cnn1C. The highest BCUT2D eigenvalue weighted by Crippen LogP contribution is 2.29. The minimum atomic E-state index is -1.04. The molecule has 0 aliphatic heterocycles. The van der Waals surface area contributed by atoms with Crippen molar-refractivity contribution >= 4 is 5.97 Å². The summed E-state index contributed by atoms with van der Waals surface area (Å²) in [6.45, 7) is 0. The number of hydrogen-bond donors (Lipinski definition) is 1. The van der Waals surface area contributed by atoms with E-state index in [0.717, 1.165) is 0 Å². The summed E-state index contributed by atoms with van der Waals surface area (Å²) in [5, 5.41) is 13.0. The molecule has 1 N–H and O–H groups in total. The minimum absolute atomic E-state index is 0.101. The Balaban J connectivity index is 2.67. The first-order valence-electron chi connectivity index (χ1n) is 4.89. The van der Waals surface area contributed by atoms with Crippen LogP contribution in [0.25, 0.3) is 11.4 Å². The largest absolute Gasteiger partial charge is 0.494 e. The second kappa shape index (κ2) is 4.25. The Kier molecular flexibility index (Phi) is 2.78. The van der Waals surface area contributed by atoms with Crippen LogP contribution in [0.4, 0.5) is 0 Å². The summed E-state index contributed by atoms with van der Waals surface area (Å²) in [5.41, 5.74) is 0.992. The van der Waals surface area contributed by atoms with Crippen molar-refractivity contribution in [3.8, 4) is 17.1 Å². The van der Waals surface area contributed by atoms with Crippen molar-refractivity contribution in [2.75, 3.05) is 7.11 Å². The molecule has 0 spiro atoms. The number of aromatic carboxylic acids is 1. The zero-order chi connectivity index (χ0) is 12.4. The number of nitrogens with zero attached hydrogens (tertiary/aromatic N) is 3. The van der Waals surface area contributed by atoms with E-state index in [1.54, 1.807) is 25.4 Å². The minimum Gasteiger partial charge on any atom is -0.494 e. The van der Waals surface area contributed by atoms with Crippen LogP contribution in [-0.4, -0.2) is 33.0 Å². The van der Waals surface area contributed by atoms with E-state index in [2.05, 4.69) is 10.1 Å². The normalized spacial score (nSPS) is 10.2. The van der Waals surface area contributed by atoms with Crippen molar-refractivity contribution in [2.24, 2.45) is 7.05 Å². The monoisotopic (exact) mass is 233 g/mol. The Bertz CT molecular complexity index is 563. The molecule has 17 heavy (non-hydrogen) atoms. The number of carboxylic acids is 1. The van der Waals surface area contributed by atoms with Crippen molar-refractivity contribution < 1.29 is 14.6 Å². The number of aryl methyl sites for hydroxylation is 1. The summed E-state index contributed by atoms with van der Waals surface area (Å²) in [6, 6.07) is 3.44. The van der Waals surface area contributed by atoms with Gasteiger partial charge in [-0.15, -0.1) is 0 Å². The van der Waals surface area contributed by atoms with Gasteiger partial charge in [0.1, 0.15) is 22.7 Å². The molecule has 2 aromatic rings. The van der Waals surface area contributed by atoms with Crippen molar-refractivity contribution in [3.05, 3.63) is 30.1 Å². The summed E-state index contributed by atoms with van der Waals surface area (Å²) >= 11 is 0. The summed E-state index contributed by atoms with van der Waals surface area (Å²) < 4.78 is 6.63. The predicted octanol–water partition coefficient (Wildman–Crippen LogP) is 1.19. The maximum atomic E-state index is 11.1. The quantitative estimate of drug-likeness (QED) is 0.861. The molecule has 0 bridgehead atoms. The lowest BCUT2D eigenvalue weighted by molar-refractivity contribution is 0.0697. The van der Waals surface area contributed by atoms with Crippen LogP contribution in [-0.2, 0) is 7.05 Å². The molecule has 0 aliphatic carbocycles. The number of aromatic nitrogens is 3. The molecule has 0 atom stereocenters. The Hall–Kier alpha value is -2.37. The molecule has 0 unspecified atom stereocenters. The van der Waals surface area contributed by atoms with Crippen molar-refractivity contribution in [2.45, 2.75) is 0 Å². The van der Waals surface area contributed by atoms with E-state index in [4.69, 9.17) is 9.84 Å². The molecule has 88 valence electrons. The van der Waals surface area contributed by atoms with Gasteiger partial charge in [0.15, 0.2) is 0 Å². The second-order valence-corrected chi connectivity index (χ2v) is 3.39. The highest BCUT2D eigenvalue weighted by atomic mass is 16.5. The molecule has 6 heteroatoms. The van der Waals surface area contributed by atoms with Gasteiger partial charge in [0, 0.05) is 13.2 Å². The lowest BCUT2D eigenvalue weighted by Crippen LogP contribution is -2.03. The fourth-order valence-corrected chi connectivity index (χ4v) is 1.61. The number of carbonyl (C=O) groups is 1. The zero-order valence-corrected chi connectivity index (χ0v) is 9.41. The van der Waals surface area contributed by atoms with Crippen molar-refractivity contribution in [1.29, 1.82) is 0 Å². The van der Waals surface area contributed by atoms with Crippen LogP contribution < -0.4 is 4.74 Å². The van der Waals surface area contributed by atoms with Crippen LogP contribution in [0.3, 0.4) is 0 Å². The lowest BCUT2D eigenvalue weighted by atomic mass is 10.1. The second-order valence-electron chi connectivity index (χ2n) is 3.39. The smallest absolute Gasteiger partial charge is 0.339 e. The van der Waals surface area contributed by atoms with E-state index < -0.39 is 5.97 Å². The first-order valence-corrected chi connectivity index (χ1v) is 4.89. The highest BCUT2D eigenvalue weighted by molar-refractivity contribution is 5.94. The summed E-state index contributed by atoms with van der Waals surface area (Å²) in [7, 11) is 3.17. The average molecular weight is 233 g/mol. The van der Waals surface area contributed by atoms with Crippen LogP contribution in [0, 0.1) is 0 Å². The molecule has 0 saturated carbocycles. The molecule has 0 aliphatic rings. The molecular weight excluding hydrogens is 222 g/mol. The molecule has 0 fully saturated rings. The maximum absolute atomic E-state index is 11.1. The van der Waals surface area contributed by atoms with E-state index in [9.17, 15) is 4.79 Å². The van der Waals surface area contributed by atoms with E-state index >= 15 is 0 Å². The van der Waals surface area contributed by atoms with E-state index in [1.807, 2.05) is 0 Å². The molecule has 2 aromatic heterocycles. The van der Waals surface area contributed by atoms with Gasteiger partial charge in [-0.25, -0.2) is 4.79 Å². The topological polar surface area (TPSA) is 77.2 Å². The molecule has 0 aromatic carbocycles. The van der Waals surface area contributed by atoms with Crippen LogP contribution in [0.1, 0.15) is 10.4 Å². The van der Waals surface area contributed by atoms with Gasteiger partial charge in [-0.2, -0.15) is 5.10 Å². The first-order chi connectivity index (χ1) is 8.15. The lowest BCUT2D eigenvalue weighted by Gasteiger charge is -2.08. The highest BCUT2D eigenvalue weighted by Gasteiger charge is 2.20. The summed E-state index contributed by atoms with van der Waals surface area (Å²) in [4.78, 5) is 15.2. The van der Waals surface area contributed by atoms with Crippen LogP contribution in [0.5, 0.6) is 5.75 Å². The predicted molar refractivity (Wildman–Crippen MR) is 60.0 cm³/mol. The third-order valence-corrected chi connectivity index (χ3v) is 2.38. The Morgan fingerprint density at radius 1 is 1.53 bits per heavy atom. The zero-order valence-electron chi connectivity index (χ0n) is 9.41. The Morgan fingerprint density at radius 3 is 2.94 bits per heavy atom. The Labute approximate surface area is 97.5 Å². The standard InChI is InChI=1S/C11H11N3O3/c1-14-10(7(6-13-14)11(15)16)9-8(17-2)4-3-5-12-9/h3-6H,1-2H3,(H,15,16). The van der Waals surface area contributed by atoms with Crippen LogP contribution >= 0.6 is 0 Å².